The first-order valence-corrected chi connectivity index (χ1v) is 7.84. The molecule has 1 atom stereocenters. The second-order valence-electron chi connectivity index (χ2n) is 5.57. The molecule has 0 amide bonds. The van der Waals surface area contributed by atoms with Crippen LogP contribution in [0, 0.1) is 11.3 Å². The van der Waals surface area contributed by atoms with Crippen molar-refractivity contribution < 1.29 is 5.11 Å². The molecule has 0 spiro atoms. The SMILES string of the molecule is N#Cc1ccc(NCC(O)c2ccc(-c3ccccc3)cc2)cc1. The minimum Gasteiger partial charge on any atom is -0.387 e. The Morgan fingerprint density at radius 1 is 0.833 bits per heavy atom. The molecule has 3 heteroatoms. The van der Waals surface area contributed by atoms with E-state index in [-0.39, 0.29) is 0 Å². The number of aliphatic hydroxyl groups is 1. The Kier molecular flexibility index (Phi) is 4.90. The van der Waals surface area contributed by atoms with E-state index in [9.17, 15) is 5.11 Å². The first-order chi connectivity index (χ1) is 11.8. The molecular formula is C21H18N2O. The van der Waals surface area contributed by atoms with Gasteiger partial charge >= 0.3 is 0 Å². The Balaban J connectivity index is 1.62. The van der Waals surface area contributed by atoms with E-state index in [1.807, 2.05) is 54.6 Å². The maximum Gasteiger partial charge on any atom is 0.0991 e. The van der Waals surface area contributed by atoms with Crippen molar-refractivity contribution in [2.24, 2.45) is 0 Å². The average Bonchev–Trinajstić information content (AvgIpc) is 2.67. The lowest BCUT2D eigenvalue weighted by Gasteiger charge is -2.14. The smallest absolute Gasteiger partial charge is 0.0991 e. The highest BCUT2D eigenvalue weighted by Gasteiger charge is 2.07. The molecule has 3 rings (SSSR count). The maximum absolute atomic E-state index is 10.3. The van der Waals surface area contributed by atoms with Gasteiger partial charge in [-0.1, -0.05) is 54.6 Å². The summed E-state index contributed by atoms with van der Waals surface area (Å²) in [6, 6.07) is 27.4. The van der Waals surface area contributed by atoms with Gasteiger partial charge in [0.15, 0.2) is 0 Å². The van der Waals surface area contributed by atoms with Crippen LogP contribution in [0.2, 0.25) is 0 Å². The van der Waals surface area contributed by atoms with E-state index in [1.165, 1.54) is 0 Å². The summed E-state index contributed by atoms with van der Waals surface area (Å²) in [6.45, 7) is 0.413. The Labute approximate surface area is 141 Å². The van der Waals surface area contributed by atoms with Gasteiger partial charge in [-0.25, -0.2) is 0 Å². The first-order valence-electron chi connectivity index (χ1n) is 7.84. The molecule has 2 N–H and O–H groups in total. The second kappa shape index (κ2) is 7.45. The summed E-state index contributed by atoms with van der Waals surface area (Å²) >= 11 is 0. The van der Waals surface area contributed by atoms with Crippen LogP contribution in [0.4, 0.5) is 5.69 Å². The van der Waals surface area contributed by atoms with Crippen molar-refractivity contribution in [2.75, 3.05) is 11.9 Å². The van der Waals surface area contributed by atoms with Crippen LogP contribution < -0.4 is 5.32 Å². The largest absolute Gasteiger partial charge is 0.387 e. The van der Waals surface area contributed by atoms with Crippen LogP contribution in [-0.2, 0) is 0 Å². The molecule has 0 aromatic heterocycles. The van der Waals surface area contributed by atoms with Crippen LogP contribution in [0.5, 0.6) is 0 Å². The molecule has 0 heterocycles. The van der Waals surface area contributed by atoms with Gasteiger partial charge in [0.1, 0.15) is 0 Å². The fraction of sp³-hybridized carbons (Fsp3) is 0.0952. The van der Waals surface area contributed by atoms with Gasteiger partial charge in [-0.3, -0.25) is 0 Å². The Bertz CT molecular complexity index is 818. The van der Waals surface area contributed by atoms with Gasteiger partial charge in [0.25, 0.3) is 0 Å². The highest BCUT2D eigenvalue weighted by Crippen LogP contribution is 2.22. The summed E-state index contributed by atoms with van der Waals surface area (Å²) < 4.78 is 0. The molecule has 0 aliphatic rings. The van der Waals surface area contributed by atoms with Crippen LogP contribution in [0.1, 0.15) is 17.2 Å². The number of rotatable bonds is 5. The molecule has 3 nitrogen and oxygen atoms in total. The fourth-order valence-corrected chi connectivity index (χ4v) is 2.52. The molecule has 0 saturated heterocycles. The van der Waals surface area contributed by atoms with Crippen LogP contribution in [0.25, 0.3) is 11.1 Å². The average molecular weight is 314 g/mol. The predicted molar refractivity (Wildman–Crippen MR) is 96.5 cm³/mol. The quantitative estimate of drug-likeness (QED) is 0.735. The molecule has 0 fully saturated rings. The summed E-state index contributed by atoms with van der Waals surface area (Å²) in [5.41, 5.74) is 4.67. The van der Waals surface area contributed by atoms with E-state index >= 15 is 0 Å². The molecule has 0 aliphatic heterocycles. The number of benzene rings is 3. The van der Waals surface area contributed by atoms with E-state index in [1.54, 1.807) is 12.1 Å². The summed E-state index contributed by atoms with van der Waals surface area (Å²) in [5.74, 6) is 0. The minimum absolute atomic E-state index is 0.413. The van der Waals surface area contributed by atoms with Crippen LogP contribution in [0.3, 0.4) is 0 Å². The van der Waals surface area contributed by atoms with E-state index in [4.69, 9.17) is 5.26 Å². The van der Waals surface area contributed by atoms with Gasteiger partial charge in [-0.2, -0.15) is 5.26 Å². The van der Waals surface area contributed by atoms with Crippen molar-refractivity contribution in [2.45, 2.75) is 6.10 Å². The third kappa shape index (κ3) is 3.81. The highest BCUT2D eigenvalue weighted by atomic mass is 16.3. The molecule has 3 aromatic rings. The van der Waals surface area contributed by atoms with E-state index in [0.717, 1.165) is 22.4 Å². The number of nitrogens with zero attached hydrogens (tertiary/aromatic N) is 1. The summed E-state index contributed by atoms with van der Waals surface area (Å²) in [4.78, 5) is 0. The third-order valence-corrected chi connectivity index (χ3v) is 3.92. The maximum atomic E-state index is 10.3. The Hall–Kier alpha value is -3.09. The lowest BCUT2D eigenvalue weighted by molar-refractivity contribution is 0.191. The molecular weight excluding hydrogens is 296 g/mol. The summed E-state index contributed by atoms with van der Waals surface area (Å²) in [7, 11) is 0. The number of aliphatic hydroxyl groups excluding tert-OH is 1. The summed E-state index contributed by atoms with van der Waals surface area (Å²) in [6.07, 6.45) is -0.592. The van der Waals surface area contributed by atoms with Crippen molar-refractivity contribution in [3.05, 3.63) is 90.0 Å². The molecule has 118 valence electrons. The van der Waals surface area contributed by atoms with Gasteiger partial charge in [0.05, 0.1) is 17.7 Å². The van der Waals surface area contributed by atoms with Crippen LogP contribution >= 0.6 is 0 Å². The van der Waals surface area contributed by atoms with Crippen LogP contribution in [0.15, 0.2) is 78.9 Å². The van der Waals surface area contributed by atoms with Gasteiger partial charge in [0, 0.05) is 12.2 Å². The molecule has 24 heavy (non-hydrogen) atoms. The van der Waals surface area contributed by atoms with Crippen molar-refractivity contribution in [3.8, 4) is 17.2 Å². The number of hydrogen-bond donors (Lipinski definition) is 2. The van der Waals surface area contributed by atoms with E-state index < -0.39 is 6.10 Å². The van der Waals surface area contributed by atoms with E-state index in [0.29, 0.717) is 12.1 Å². The van der Waals surface area contributed by atoms with Gasteiger partial charge in [-0.05, 0) is 41.0 Å². The van der Waals surface area contributed by atoms with E-state index in [2.05, 4.69) is 23.5 Å². The molecule has 0 saturated carbocycles. The normalized spacial score (nSPS) is 11.5. The zero-order chi connectivity index (χ0) is 16.8. The molecule has 0 bridgehead atoms. The lowest BCUT2D eigenvalue weighted by atomic mass is 10.0. The van der Waals surface area contributed by atoms with Gasteiger partial charge < -0.3 is 10.4 Å². The van der Waals surface area contributed by atoms with Crippen LogP contribution in [-0.4, -0.2) is 11.7 Å². The number of nitrogens with one attached hydrogen (secondary N) is 1. The third-order valence-electron chi connectivity index (χ3n) is 3.92. The zero-order valence-electron chi connectivity index (χ0n) is 13.2. The van der Waals surface area contributed by atoms with Crippen molar-refractivity contribution in [1.29, 1.82) is 5.26 Å². The monoisotopic (exact) mass is 314 g/mol. The topological polar surface area (TPSA) is 56.0 Å². The van der Waals surface area contributed by atoms with Gasteiger partial charge in [-0.15, -0.1) is 0 Å². The summed E-state index contributed by atoms with van der Waals surface area (Å²) in [5, 5.41) is 22.3. The number of nitriles is 1. The lowest BCUT2D eigenvalue weighted by Crippen LogP contribution is -2.12. The number of anilines is 1. The molecule has 0 aliphatic carbocycles. The van der Waals surface area contributed by atoms with Crippen molar-refractivity contribution >= 4 is 5.69 Å². The van der Waals surface area contributed by atoms with Gasteiger partial charge in [0.2, 0.25) is 0 Å². The second-order valence-corrected chi connectivity index (χ2v) is 5.57. The minimum atomic E-state index is -0.592. The fourth-order valence-electron chi connectivity index (χ4n) is 2.52. The zero-order valence-corrected chi connectivity index (χ0v) is 13.2. The Morgan fingerprint density at radius 2 is 1.46 bits per heavy atom. The first kappa shape index (κ1) is 15.8. The van der Waals surface area contributed by atoms with Crippen molar-refractivity contribution in [3.63, 3.8) is 0 Å². The highest BCUT2D eigenvalue weighted by molar-refractivity contribution is 5.63. The molecule has 1 unspecified atom stereocenters. The Morgan fingerprint density at radius 3 is 2.08 bits per heavy atom. The number of hydrogen-bond acceptors (Lipinski definition) is 3. The molecule has 3 aromatic carbocycles. The van der Waals surface area contributed by atoms with Crippen molar-refractivity contribution in [1.82, 2.24) is 0 Å². The standard InChI is InChI=1S/C21H18N2O/c22-14-16-6-12-20(13-7-16)23-15-21(24)19-10-8-18(9-11-19)17-4-2-1-3-5-17/h1-13,21,23-24H,15H2. The predicted octanol–water partition coefficient (Wildman–Crippen LogP) is 4.37. The molecule has 0 radical (unpaired) electrons.